The van der Waals surface area contributed by atoms with Crippen LogP contribution in [-0.2, 0) is 11.2 Å². The second kappa shape index (κ2) is 8.22. The number of carbonyl (C=O) groups is 2. The molecule has 2 aromatic heterocycles. The Morgan fingerprint density at radius 2 is 1.97 bits per heavy atom. The van der Waals surface area contributed by atoms with E-state index in [2.05, 4.69) is 10.3 Å². The molecule has 0 radical (unpaired) electrons. The van der Waals surface area contributed by atoms with Gasteiger partial charge in [-0.05, 0) is 67.3 Å². The van der Waals surface area contributed by atoms with Gasteiger partial charge in [-0.15, -0.1) is 0 Å². The van der Waals surface area contributed by atoms with Crippen molar-refractivity contribution < 1.29 is 18.4 Å². The van der Waals surface area contributed by atoms with Gasteiger partial charge in [0, 0.05) is 36.0 Å². The number of aromatic nitrogens is 1. The summed E-state index contributed by atoms with van der Waals surface area (Å²) in [4.78, 5) is 26.8. The smallest absolute Gasteiger partial charge is 0.244 e. The first-order chi connectivity index (χ1) is 14.8. The Labute approximate surface area is 178 Å². The summed E-state index contributed by atoms with van der Waals surface area (Å²) < 4.78 is 19.6. The Balaban J connectivity index is 1.41. The van der Waals surface area contributed by atoms with Crippen LogP contribution in [0.25, 0.3) is 27.9 Å². The van der Waals surface area contributed by atoms with Crippen molar-refractivity contribution in [2.75, 3.05) is 6.54 Å². The van der Waals surface area contributed by atoms with Gasteiger partial charge in [0.2, 0.25) is 5.91 Å². The zero-order chi connectivity index (χ0) is 22.1. The maximum Gasteiger partial charge on any atom is 0.244 e. The third-order valence-electron chi connectivity index (χ3n) is 5.42. The molecule has 0 saturated heterocycles. The van der Waals surface area contributed by atoms with Crippen LogP contribution in [-0.4, -0.2) is 23.2 Å². The number of carbonyl (C=O) groups excluding carboxylic acids is 2. The Morgan fingerprint density at radius 1 is 1.16 bits per heavy atom. The summed E-state index contributed by atoms with van der Waals surface area (Å²) in [6, 6.07) is 10.4. The van der Waals surface area contributed by atoms with Crippen LogP contribution in [0, 0.1) is 19.7 Å². The molecule has 1 amide bonds. The van der Waals surface area contributed by atoms with Crippen molar-refractivity contribution in [3.05, 3.63) is 76.4 Å². The van der Waals surface area contributed by atoms with E-state index in [-0.39, 0.29) is 17.5 Å². The number of aromatic amines is 1. The van der Waals surface area contributed by atoms with Gasteiger partial charge in [0.15, 0.2) is 11.5 Å². The third kappa shape index (κ3) is 4.14. The van der Waals surface area contributed by atoms with E-state index in [4.69, 9.17) is 4.42 Å². The molecule has 0 aliphatic rings. The second-order valence-electron chi connectivity index (χ2n) is 7.68. The van der Waals surface area contributed by atoms with Crippen LogP contribution in [0.3, 0.4) is 0 Å². The summed E-state index contributed by atoms with van der Waals surface area (Å²) >= 11 is 0. The maximum absolute atomic E-state index is 14.1. The predicted octanol–water partition coefficient (Wildman–Crippen LogP) is 5.24. The summed E-state index contributed by atoms with van der Waals surface area (Å²) in [5, 5.41) is 4.58. The van der Waals surface area contributed by atoms with Crippen molar-refractivity contribution in [1.82, 2.24) is 10.3 Å². The Morgan fingerprint density at radius 3 is 2.74 bits per heavy atom. The molecule has 0 aliphatic heterocycles. The monoisotopic (exact) mass is 418 g/mol. The van der Waals surface area contributed by atoms with Crippen LogP contribution in [0.2, 0.25) is 0 Å². The number of H-pyrrole nitrogens is 1. The Hall–Kier alpha value is -3.67. The molecule has 4 aromatic rings. The SMILES string of the molecule is CC(=O)c1cc2cc(C=CC(=O)NCCc3c(C)[nH]c4c(F)ccc(C)c34)ccc2o1. The molecular formula is C25H23FN2O3. The van der Waals surface area contributed by atoms with Gasteiger partial charge in [-0.25, -0.2) is 4.39 Å². The molecule has 5 nitrogen and oxygen atoms in total. The molecule has 0 fully saturated rings. The first-order valence-electron chi connectivity index (χ1n) is 10.1. The molecule has 0 bridgehead atoms. The van der Waals surface area contributed by atoms with Gasteiger partial charge in [-0.2, -0.15) is 0 Å². The number of Topliss-reactive ketones (excluding diaryl/α,β-unsaturated/α-hetero) is 1. The number of aryl methyl sites for hydroxylation is 2. The fourth-order valence-corrected chi connectivity index (χ4v) is 3.84. The number of rotatable bonds is 6. The summed E-state index contributed by atoms with van der Waals surface area (Å²) in [6.45, 7) is 5.77. The lowest BCUT2D eigenvalue weighted by molar-refractivity contribution is -0.116. The van der Waals surface area contributed by atoms with E-state index in [1.807, 2.05) is 26.0 Å². The standard InChI is InChI=1S/C25H23FN2O3/c1-14-4-7-20(26)25-24(14)19(15(2)28-25)10-11-27-23(30)9-6-17-5-8-21-18(12-17)13-22(31-21)16(3)29/h4-9,12-13,28H,10-11H2,1-3H3,(H,27,30). The number of furan rings is 1. The van der Waals surface area contributed by atoms with Crippen molar-refractivity contribution in [3.63, 3.8) is 0 Å². The van der Waals surface area contributed by atoms with Gasteiger partial charge >= 0.3 is 0 Å². The number of amides is 1. The first kappa shape index (κ1) is 20.6. The third-order valence-corrected chi connectivity index (χ3v) is 5.42. The highest BCUT2D eigenvalue weighted by Gasteiger charge is 2.14. The molecule has 0 atom stereocenters. The van der Waals surface area contributed by atoms with Crippen molar-refractivity contribution in [2.24, 2.45) is 0 Å². The van der Waals surface area contributed by atoms with Gasteiger partial charge in [-0.3, -0.25) is 9.59 Å². The van der Waals surface area contributed by atoms with E-state index in [9.17, 15) is 14.0 Å². The largest absolute Gasteiger partial charge is 0.453 e. The van der Waals surface area contributed by atoms with E-state index >= 15 is 0 Å². The number of hydrogen-bond acceptors (Lipinski definition) is 3. The van der Waals surface area contributed by atoms with E-state index < -0.39 is 0 Å². The highest BCUT2D eigenvalue weighted by molar-refractivity contribution is 5.97. The fraction of sp³-hybridized carbons (Fsp3) is 0.200. The summed E-state index contributed by atoms with van der Waals surface area (Å²) in [5.74, 6) is -0.295. The topological polar surface area (TPSA) is 75.1 Å². The minimum absolute atomic E-state index is 0.129. The van der Waals surface area contributed by atoms with Crippen molar-refractivity contribution in [1.29, 1.82) is 0 Å². The highest BCUT2D eigenvalue weighted by Crippen LogP contribution is 2.28. The molecule has 2 heterocycles. The molecule has 31 heavy (non-hydrogen) atoms. The summed E-state index contributed by atoms with van der Waals surface area (Å²) in [7, 11) is 0. The van der Waals surface area contributed by atoms with Crippen molar-refractivity contribution in [3.8, 4) is 0 Å². The quantitative estimate of drug-likeness (QED) is 0.332. The molecule has 0 unspecified atom stereocenters. The molecule has 0 spiro atoms. The summed E-state index contributed by atoms with van der Waals surface area (Å²) in [5.41, 5.74) is 4.91. The highest BCUT2D eigenvalue weighted by atomic mass is 19.1. The average Bonchev–Trinajstić information content (AvgIpc) is 3.31. The van der Waals surface area contributed by atoms with E-state index in [0.29, 0.717) is 29.8 Å². The fourth-order valence-electron chi connectivity index (χ4n) is 3.84. The molecule has 2 N–H and O–H groups in total. The molecule has 2 aromatic carbocycles. The van der Waals surface area contributed by atoms with Crippen LogP contribution in [0.5, 0.6) is 0 Å². The van der Waals surface area contributed by atoms with E-state index in [1.165, 1.54) is 19.1 Å². The lowest BCUT2D eigenvalue weighted by Crippen LogP contribution is -2.23. The van der Waals surface area contributed by atoms with Crippen LogP contribution < -0.4 is 5.32 Å². The van der Waals surface area contributed by atoms with Gasteiger partial charge < -0.3 is 14.7 Å². The molecule has 6 heteroatoms. The minimum atomic E-state index is -0.271. The summed E-state index contributed by atoms with van der Waals surface area (Å²) in [6.07, 6.45) is 3.79. The van der Waals surface area contributed by atoms with Crippen LogP contribution >= 0.6 is 0 Å². The molecule has 4 rings (SSSR count). The Bertz CT molecular complexity index is 1340. The maximum atomic E-state index is 14.1. The van der Waals surface area contributed by atoms with Crippen molar-refractivity contribution in [2.45, 2.75) is 27.2 Å². The number of hydrogen-bond donors (Lipinski definition) is 2. The lowest BCUT2D eigenvalue weighted by Gasteiger charge is -2.05. The number of ketones is 1. The van der Waals surface area contributed by atoms with E-state index in [1.54, 1.807) is 24.3 Å². The zero-order valence-corrected chi connectivity index (χ0v) is 17.6. The van der Waals surface area contributed by atoms with Crippen LogP contribution in [0.15, 0.2) is 46.9 Å². The van der Waals surface area contributed by atoms with Gasteiger partial charge in [0.05, 0.1) is 5.52 Å². The molecule has 158 valence electrons. The Kier molecular flexibility index (Phi) is 5.46. The number of nitrogens with one attached hydrogen (secondary N) is 2. The van der Waals surface area contributed by atoms with Gasteiger partial charge in [0.25, 0.3) is 0 Å². The van der Waals surface area contributed by atoms with Crippen LogP contribution in [0.1, 0.15) is 39.9 Å². The molecule has 0 saturated carbocycles. The normalized spacial score (nSPS) is 11.6. The van der Waals surface area contributed by atoms with Gasteiger partial charge in [-0.1, -0.05) is 12.1 Å². The average molecular weight is 418 g/mol. The first-order valence-corrected chi connectivity index (χ1v) is 10.1. The zero-order valence-electron chi connectivity index (χ0n) is 17.6. The minimum Gasteiger partial charge on any atom is -0.453 e. The number of fused-ring (bicyclic) bond motifs is 2. The predicted molar refractivity (Wildman–Crippen MR) is 120 cm³/mol. The second-order valence-corrected chi connectivity index (χ2v) is 7.68. The molecular weight excluding hydrogens is 395 g/mol. The van der Waals surface area contributed by atoms with Crippen LogP contribution in [0.4, 0.5) is 4.39 Å². The molecule has 0 aliphatic carbocycles. The van der Waals surface area contributed by atoms with E-state index in [0.717, 1.165) is 33.2 Å². The van der Waals surface area contributed by atoms with Crippen molar-refractivity contribution >= 4 is 39.6 Å². The van der Waals surface area contributed by atoms with Gasteiger partial charge in [0.1, 0.15) is 11.4 Å². The number of benzene rings is 2. The lowest BCUT2D eigenvalue weighted by atomic mass is 10.0. The number of halogens is 1.